The maximum absolute atomic E-state index is 13.1. The van der Waals surface area contributed by atoms with Crippen molar-refractivity contribution in [2.75, 3.05) is 12.0 Å². The van der Waals surface area contributed by atoms with Crippen molar-refractivity contribution in [2.24, 2.45) is 0 Å². The lowest BCUT2D eigenvalue weighted by Crippen LogP contribution is -2.16. The first-order chi connectivity index (χ1) is 10.5. The minimum Gasteiger partial charge on any atom is -0.383 e. The van der Waals surface area contributed by atoms with Crippen molar-refractivity contribution in [2.45, 2.75) is 17.5 Å². The highest BCUT2D eigenvalue weighted by molar-refractivity contribution is 7.90. The second-order valence-electron chi connectivity index (χ2n) is 4.79. The Morgan fingerprint density at radius 3 is 2.48 bits per heavy atom. The lowest BCUT2D eigenvalue weighted by Gasteiger charge is -2.14. The van der Waals surface area contributed by atoms with Crippen LogP contribution in [0.15, 0.2) is 29.2 Å². The molecule has 0 amide bonds. The van der Waals surface area contributed by atoms with E-state index in [1.807, 2.05) is 0 Å². The first-order valence-corrected chi connectivity index (χ1v) is 8.43. The molecule has 0 fully saturated rings. The summed E-state index contributed by atoms with van der Waals surface area (Å²) < 4.78 is 62.4. The fraction of sp³-hybridized carbons (Fsp3) is 0.231. The van der Waals surface area contributed by atoms with Gasteiger partial charge in [0.2, 0.25) is 5.28 Å². The summed E-state index contributed by atoms with van der Waals surface area (Å²) in [5.41, 5.74) is 4.05. The van der Waals surface area contributed by atoms with E-state index in [9.17, 15) is 21.6 Å². The van der Waals surface area contributed by atoms with E-state index in [4.69, 9.17) is 17.3 Å². The van der Waals surface area contributed by atoms with Crippen molar-refractivity contribution in [1.29, 1.82) is 0 Å². The number of aromatic nitrogens is 2. The van der Waals surface area contributed by atoms with Crippen LogP contribution in [0.5, 0.6) is 0 Å². The average Bonchev–Trinajstić information content (AvgIpc) is 2.35. The third-order valence-electron chi connectivity index (χ3n) is 2.97. The predicted octanol–water partition coefficient (Wildman–Crippen LogP) is 2.73. The van der Waals surface area contributed by atoms with E-state index in [0.717, 1.165) is 6.26 Å². The Morgan fingerprint density at radius 1 is 1.26 bits per heavy atom. The van der Waals surface area contributed by atoms with Crippen LogP contribution >= 0.6 is 11.6 Å². The molecule has 5 nitrogen and oxygen atoms in total. The molecule has 10 heteroatoms. The highest BCUT2D eigenvalue weighted by Crippen LogP contribution is 2.36. The second-order valence-corrected chi connectivity index (χ2v) is 7.15. The Hall–Kier alpha value is -1.87. The number of nitrogens with two attached hydrogens (primary N) is 1. The molecular weight excluding hydrogens is 355 g/mol. The zero-order valence-corrected chi connectivity index (χ0v) is 13.3. The monoisotopic (exact) mass is 365 g/mol. The van der Waals surface area contributed by atoms with Gasteiger partial charge in [0, 0.05) is 12.7 Å². The van der Waals surface area contributed by atoms with Gasteiger partial charge in [0.1, 0.15) is 11.4 Å². The Balaban J connectivity index is 2.53. The molecule has 0 atom stereocenters. The Morgan fingerprint density at radius 2 is 1.91 bits per heavy atom. The zero-order chi connectivity index (χ0) is 17.4. The van der Waals surface area contributed by atoms with E-state index in [-0.39, 0.29) is 11.3 Å². The molecule has 0 aliphatic rings. The van der Waals surface area contributed by atoms with Crippen LogP contribution < -0.4 is 5.73 Å². The number of halogens is 4. The lowest BCUT2D eigenvalue weighted by molar-refractivity contribution is -0.137. The SMILES string of the molecule is CS(=O)(=O)c1cccc(Cc2nc(Cl)nc(N)c2C(F)(F)F)c1. The van der Waals surface area contributed by atoms with Gasteiger partial charge in [0.25, 0.3) is 0 Å². The number of rotatable bonds is 3. The lowest BCUT2D eigenvalue weighted by atomic mass is 10.1. The number of nitrogens with zero attached hydrogens (tertiary/aromatic N) is 2. The quantitative estimate of drug-likeness (QED) is 0.845. The summed E-state index contributed by atoms with van der Waals surface area (Å²) >= 11 is 5.58. The molecule has 0 saturated heterocycles. The molecular formula is C13H11ClF3N3O2S. The van der Waals surface area contributed by atoms with Crippen molar-refractivity contribution in [1.82, 2.24) is 9.97 Å². The van der Waals surface area contributed by atoms with Crippen LogP contribution in [-0.4, -0.2) is 24.6 Å². The topological polar surface area (TPSA) is 85.9 Å². The van der Waals surface area contributed by atoms with Crippen LogP contribution in [0.4, 0.5) is 19.0 Å². The van der Waals surface area contributed by atoms with Gasteiger partial charge in [-0.3, -0.25) is 0 Å². The molecule has 124 valence electrons. The van der Waals surface area contributed by atoms with Crippen molar-refractivity contribution >= 4 is 27.3 Å². The minimum absolute atomic E-state index is 0.00307. The van der Waals surface area contributed by atoms with Gasteiger partial charge in [0.15, 0.2) is 9.84 Å². The molecule has 1 aromatic carbocycles. The summed E-state index contributed by atoms with van der Waals surface area (Å²) in [5, 5.41) is -0.412. The number of hydrogen-bond donors (Lipinski definition) is 1. The molecule has 2 aromatic rings. The van der Waals surface area contributed by atoms with Crippen molar-refractivity contribution in [3.63, 3.8) is 0 Å². The number of benzene rings is 1. The van der Waals surface area contributed by atoms with Crippen LogP contribution in [0.1, 0.15) is 16.8 Å². The number of alkyl halides is 3. The van der Waals surface area contributed by atoms with E-state index in [0.29, 0.717) is 5.56 Å². The fourth-order valence-corrected chi connectivity index (χ4v) is 2.90. The number of sulfone groups is 1. The number of anilines is 1. The standard InChI is InChI=1S/C13H11ClF3N3O2S/c1-23(21,22)8-4-2-3-7(5-8)6-9-10(13(15,16)17)11(18)20-12(14)19-9/h2-5H,6H2,1H3,(H2,18,19,20). The highest BCUT2D eigenvalue weighted by Gasteiger charge is 2.37. The van der Waals surface area contributed by atoms with E-state index >= 15 is 0 Å². The molecule has 1 heterocycles. The van der Waals surface area contributed by atoms with Gasteiger partial charge in [-0.25, -0.2) is 18.4 Å². The van der Waals surface area contributed by atoms with Gasteiger partial charge in [-0.2, -0.15) is 13.2 Å². The molecule has 0 radical (unpaired) electrons. The molecule has 2 N–H and O–H groups in total. The summed E-state index contributed by atoms with van der Waals surface area (Å²) in [5.74, 6) is -0.772. The molecule has 0 spiro atoms. The smallest absolute Gasteiger partial charge is 0.383 e. The molecule has 0 aliphatic heterocycles. The fourth-order valence-electron chi connectivity index (χ4n) is 2.01. The van der Waals surface area contributed by atoms with Crippen LogP contribution in [0.25, 0.3) is 0 Å². The summed E-state index contributed by atoms with van der Waals surface area (Å²) in [7, 11) is -3.48. The van der Waals surface area contributed by atoms with Gasteiger partial charge in [0.05, 0.1) is 10.6 Å². The Kier molecular flexibility index (Phi) is 4.54. The van der Waals surface area contributed by atoms with E-state index in [2.05, 4.69) is 9.97 Å². The molecule has 0 unspecified atom stereocenters. The highest BCUT2D eigenvalue weighted by atomic mass is 35.5. The van der Waals surface area contributed by atoms with Gasteiger partial charge in [-0.15, -0.1) is 0 Å². The van der Waals surface area contributed by atoms with Gasteiger partial charge in [-0.05, 0) is 29.3 Å². The number of hydrogen-bond acceptors (Lipinski definition) is 5. The van der Waals surface area contributed by atoms with Crippen molar-refractivity contribution < 1.29 is 21.6 Å². The van der Waals surface area contributed by atoms with Gasteiger partial charge in [-0.1, -0.05) is 12.1 Å². The first kappa shape index (κ1) is 17.5. The van der Waals surface area contributed by atoms with E-state index < -0.39 is 38.4 Å². The summed E-state index contributed by atoms with van der Waals surface area (Å²) in [6.45, 7) is 0. The summed E-state index contributed by atoms with van der Waals surface area (Å²) in [4.78, 5) is 6.90. The largest absolute Gasteiger partial charge is 0.421 e. The van der Waals surface area contributed by atoms with Gasteiger partial charge < -0.3 is 5.73 Å². The zero-order valence-electron chi connectivity index (χ0n) is 11.7. The Labute approximate surface area is 135 Å². The van der Waals surface area contributed by atoms with Crippen molar-refractivity contribution in [3.8, 4) is 0 Å². The van der Waals surface area contributed by atoms with Crippen LogP contribution in [0.2, 0.25) is 5.28 Å². The van der Waals surface area contributed by atoms with Gasteiger partial charge >= 0.3 is 6.18 Å². The predicted molar refractivity (Wildman–Crippen MR) is 78.8 cm³/mol. The van der Waals surface area contributed by atoms with Crippen LogP contribution in [-0.2, 0) is 22.4 Å². The molecule has 2 rings (SSSR count). The Bertz CT molecular complexity index is 854. The summed E-state index contributed by atoms with van der Waals surface area (Å²) in [6, 6.07) is 5.55. The van der Waals surface area contributed by atoms with E-state index in [1.165, 1.54) is 24.3 Å². The maximum Gasteiger partial charge on any atom is 0.421 e. The average molecular weight is 366 g/mol. The van der Waals surface area contributed by atoms with Crippen LogP contribution in [0.3, 0.4) is 0 Å². The maximum atomic E-state index is 13.1. The molecule has 0 aliphatic carbocycles. The minimum atomic E-state index is -4.75. The first-order valence-electron chi connectivity index (χ1n) is 6.16. The normalized spacial score (nSPS) is 12.4. The number of nitrogen functional groups attached to an aromatic ring is 1. The second kappa shape index (κ2) is 5.97. The van der Waals surface area contributed by atoms with Crippen molar-refractivity contribution in [3.05, 3.63) is 46.4 Å². The van der Waals surface area contributed by atoms with Crippen LogP contribution in [0, 0.1) is 0 Å². The third kappa shape index (κ3) is 4.11. The third-order valence-corrected chi connectivity index (χ3v) is 4.25. The summed E-state index contributed by atoms with van der Waals surface area (Å²) in [6.07, 6.45) is -4.03. The molecule has 1 aromatic heterocycles. The molecule has 23 heavy (non-hydrogen) atoms. The van der Waals surface area contributed by atoms with E-state index in [1.54, 1.807) is 0 Å². The molecule has 0 saturated carbocycles. The molecule has 0 bridgehead atoms.